The lowest BCUT2D eigenvalue weighted by atomic mass is 10.3. The number of carbonyl (C=O) groups is 2. The number of esters is 1. The van der Waals surface area contributed by atoms with Crippen molar-refractivity contribution in [2.45, 2.75) is 19.8 Å². The normalized spacial score (nSPS) is 10.6. The van der Waals surface area contributed by atoms with Gasteiger partial charge in [0.2, 0.25) is 5.91 Å². The molecule has 1 amide bonds. The van der Waals surface area contributed by atoms with E-state index >= 15 is 0 Å². The predicted octanol–water partition coefficient (Wildman–Crippen LogP) is 2.98. The smallest absolute Gasteiger partial charge is 0.305 e. The zero-order valence-corrected chi connectivity index (χ0v) is 13.1. The molecule has 4 nitrogen and oxygen atoms in total. The van der Waals surface area contributed by atoms with E-state index in [9.17, 15) is 9.59 Å². The second-order valence-electron chi connectivity index (χ2n) is 3.67. The fourth-order valence-electron chi connectivity index (χ4n) is 1.31. The van der Waals surface area contributed by atoms with Gasteiger partial charge in [0.05, 0.1) is 10.4 Å². The summed E-state index contributed by atoms with van der Waals surface area (Å²) in [7, 11) is 0. The molecule has 0 spiro atoms. The van der Waals surface area contributed by atoms with Gasteiger partial charge in [-0.2, -0.15) is 0 Å². The van der Waals surface area contributed by atoms with Gasteiger partial charge in [-0.3, -0.25) is 9.59 Å². The van der Waals surface area contributed by atoms with Gasteiger partial charge in [-0.05, 0) is 47.5 Å². The summed E-state index contributed by atoms with van der Waals surface area (Å²) in [4.78, 5) is 23.5. The Morgan fingerprint density at radius 3 is 2.89 bits per heavy atom. The molecule has 0 atom stereocenters. The molecule has 0 saturated carbocycles. The van der Waals surface area contributed by atoms with Gasteiger partial charge < -0.3 is 10.1 Å². The van der Waals surface area contributed by atoms with Gasteiger partial charge in [0.25, 0.3) is 0 Å². The maximum absolute atomic E-state index is 11.5. The van der Waals surface area contributed by atoms with Gasteiger partial charge in [0, 0.05) is 23.9 Å². The molecule has 6 heteroatoms. The fraction of sp³-hybridized carbons (Fsp3) is 0.385. The predicted molar refractivity (Wildman–Crippen MR) is 79.9 cm³/mol. The summed E-state index contributed by atoms with van der Waals surface area (Å²) in [5, 5.41) is 2.72. The number of hydrogen-bond acceptors (Lipinski definition) is 4. The van der Waals surface area contributed by atoms with Crippen LogP contribution in [0.5, 0.6) is 0 Å². The van der Waals surface area contributed by atoms with Crippen LogP contribution in [0.2, 0.25) is 0 Å². The van der Waals surface area contributed by atoms with Gasteiger partial charge in [0.1, 0.15) is 0 Å². The second-order valence-corrected chi connectivity index (χ2v) is 6.17. The van der Waals surface area contributed by atoms with E-state index in [2.05, 4.69) is 21.2 Å². The molecule has 0 aliphatic carbocycles. The lowest BCUT2D eigenvalue weighted by Crippen LogP contribution is -2.22. The molecule has 1 heterocycles. The quantitative estimate of drug-likeness (QED) is 0.469. The first-order valence-corrected chi connectivity index (χ1v) is 7.59. The molecule has 0 radical (unpaired) electrons. The summed E-state index contributed by atoms with van der Waals surface area (Å²) in [6, 6.07) is 3.86. The van der Waals surface area contributed by atoms with E-state index in [1.165, 1.54) is 6.08 Å². The van der Waals surface area contributed by atoms with Gasteiger partial charge in [-0.1, -0.05) is 0 Å². The fourth-order valence-corrected chi connectivity index (χ4v) is 2.64. The van der Waals surface area contributed by atoms with Crippen LogP contribution in [-0.2, 0) is 14.3 Å². The van der Waals surface area contributed by atoms with Crippen LogP contribution in [0.3, 0.4) is 0 Å². The number of carbonyl (C=O) groups excluding carboxylic acids is 2. The summed E-state index contributed by atoms with van der Waals surface area (Å²) in [5.74, 6) is -0.385. The monoisotopic (exact) mass is 345 g/mol. The molecule has 0 aromatic carbocycles. The first-order chi connectivity index (χ1) is 9.11. The van der Waals surface area contributed by atoms with Crippen LogP contribution in [0.1, 0.15) is 24.6 Å². The van der Waals surface area contributed by atoms with E-state index in [1.54, 1.807) is 24.3 Å². The summed E-state index contributed by atoms with van der Waals surface area (Å²) in [6.45, 7) is 2.63. The number of nitrogens with one attached hydrogen (secondary N) is 1. The first-order valence-electron chi connectivity index (χ1n) is 5.98. The molecular weight excluding hydrogens is 330 g/mol. The third-order valence-corrected chi connectivity index (χ3v) is 3.74. The zero-order chi connectivity index (χ0) is 14.1. The largest absolute Gasteiger partial charge is 0.466 e. The topological polar surface area (TPSA) is 55.4 Å². The molecule has 0 bridgehead atoms. The summed E-state index contributed by atoms with van der Waals surface area (Å²) < 4.78 is 5.82. The second kappa shape index (κ2) is 8.87. The molecule has 19 heavy (non-hydrogen) atoms. The van der Waals surface area contributed by atoms with Crippen LogP contribution in [-0.4, -0.2) is 25.0 Å². The average Bonchev–Trinajstić information content (AvgIpc) is 2.78. The van der Waals surface area contributed by atoms with Crippen LogP contribution in [0.15, 0.2) is 22.0 Å². The van der Waals surface area contributed by atoms with Crippen LogP contribution >= 0.6 is 27.3 Å². The molecule has 0 aliphatic rings. The minimum Gasteiger partial charge on any atom is -0.466 e. The molecule has 0 aliphatic heterocycles. The maximum atomic E-state index is 11.5. The van der Waals surface area contributed by atoms with E-state index in [0.29, 0.717) is 26.0 Å². The number of thiophene rings is 1. The van der Waals surface area contributed by atoms with Gasteiger partial charge in [-0.25, -0.2) is 0 Å². The molecule has 1 aromatic heterocycles. The molecule has 104 valence electrons. The highest BCUT2D eigenvalue weighted by Crippen LogP contribution is 2.22. The van der Waals surface area contributed by atoms with Crippen molar-refractivity contribution in [1.29, 1.82) is 0 Å². The third-order valence-electron chi connectivity index (χ3n) is 2.16. The zero-order valence-electron chi connectivity index (χ0n) is 10.6. The Labute approximate surface area is 125 Å². The van der Waals surface area contributed by atoms with E-state index in [4.69, 9.17) is 4.74 Å². The molecule has 1 N–H and O–H groups in total. The maximum Gasteiger partial charge on any atom is 0.305 e. The van der Waals surface area contributed by atoms with Crippen LogP contribution < -0.4 is 5.32 Å². The molecule has 0 unspecified atom stereocenters. The number of halogens is 1. The van der Waals surface area contributed by atoms with E-state index in [-0.39, 0.29) is 11.9 Å². The van der Waals surface area contributed by atoms with Crippen LogP contribution in [0.25, 0.3) is 6.08 Å². The van der Waals surface area contributed by atoms with Gasteiger partial charge in [-0.15, -0.1) is 11.3 Å². The lowest BCUT2D eigenvalue weighted by molar-refractivity contribution is -0.143. The molecule has 1 rings (SSSR count). The molecular formula is C13H16BrNO3S. The Balaban J connectivity index is 2.18. The number of ether oxygens (including phenoxy) is 1. The molecule has 0 fully saturated rings. The summed E-state index contributed by atoms with van der Waals surface area (Å²) in [6.07, 6.45) is 4.16. The van der Waals surface area contributed by atoms with Gasteiger partial charge >= 0.3 is 5.97 Å². The van der Waals surface area contributed by atoms with Crippen molar-refractivity contribution in [3.8, 4) is 0 Å². The minimum absolute atomic E-state index is 0.159. The minimum atomic E-state index is -0.226. The van der Waals surface area contributed by atoms with Crippen molar-refractivity contribution in [3.05, 3.63) is 26.9 Å². The van der Waals surface area contributed by atoms with Crippen LogP contribution in [0, 0.1) is 0 Å². The highest BCUT2D eigenvalue weighted by molar-refractivity contribution is 9.11. The first kappa shape index (κ1) is 15.9. The van der Waals surface area contributed by atoms with Crippen molar-refractivity contribution < 1.29 is 14.3 Å². The Hall–Kier alpha value is -1.14. The van der Waals surface area contributed by atoms with Crippen molar-refractivity contribution in [2.75, 3.05) is 13.2 Å². The SMILES string of the molecule is CCOC(=O)CCCNC(=O)/C=C/c1ccc(Br)s1. The molecule has 0 saturated heterocycles. The number of rotatable bonds is 7. The van der Waals surface area contributed by atoms with Crippen molar-refractivity contribution in [3.63, 3.8) is 0 Å². The van der Waals surface area contributed by atoms with Crippen molar-refractivity contribution >= 4 is 45.2 Å². The Morgan fingerprint density at radius 1 is 1.47 bits per heavy atom. The Morgan fingerprint density at radius 2 is 2.26 bits per heavy atom. The summed E-state index contributed by atoms with van der Waals surface area (Å²) >= 11 is 4.91. The third kappa shape index (κ3) is 7.12. The Bertz CT molecular complexity index is 456. The number of amides is 1. The number of hydrogen-bond donors (Lipinski definition) is 1. The van der Waals surface area contributed by atoms with Crippen molar-refractivity contribution in [1.82, 2.24) is 5.32 Å². The average molecular weight is 346 g/mol. The highest BCUT2D eigenvalue weighted by atomic mass is 79.9. The Kier molecular flexibility index (Phi) is 7.43. The highest BCUT2D eigenvalue weighted by Gasteiger charge is 2.01. The van der Waals surface area contributed by atoms with Crippen molar-refractivity contribution in [2.24, 2.45) is 0 Å². The standard InChI is InChI=1S/C13H16BrNO3S/c1-2-18-13(17)4-3-9-15-12(16)8-6-10-5-7-11(14)19-10/h5-8H,2-4,9H2,1H3,(H,15,16)/b8-6+. The van der Waals surface area contributed by atoms with E-state index < -0.39 is 0 Å². The van der Waals surface area contributed by atoms with Crippen LogP contribution in [0.4, 0.5) is 0 Å². The van der Waals surface area contributed by atoms with Gasteiger partial charge in [0.15, 0.2) is 0 Å². The summed E-state index contributed by atoms with van der Waals surface area (Å²) in [5.41, 5.74) is 0. The molecule has 1 aromatic rings. The van der Waals surface area contributed by atoms with E-state index in [1.807, 2.05) is 12.1 Å². The lowest BCUT2D eigenvalue weighted by Gasteiger charge is -2.02. The van der Waals surface area contributed by atoms with E-state index in [0.717, 1.165) is 8.66 Å².